The highest BCUT2D eigenvalue weighted by Gasteiger charge is 2.23. The van der Waals surface area contributed by atoms with Crippen molar-refractivity contribution in [3.05, 3.63) is 53.1 Å². The quantitative estimate of drug-likeness (QED) is 0.654. The molecule has 7 nitrogen and oxygen atoms in total. The number of hydrogen-bond donors (Lipinski definition) is 1. The van der Waals surface area contributed by atoms with E-state index in [2.05, 4.69) is 5.32 Å². The van der Waals surface area contributed by atoms with Gasteiger partial charge in [0.1, 0.15) is 6.54 Å². The van der Waals surface area contributed by atoms with Gasteiger partial charge in [-0.3, -0.25) is 9.10 Å². The molecule has 30 heavy (non-hydrogen) atoms. The van der Waals surface area contributed by atoms with Gasteiger partial charge in [-0.1, -0.05) is 19.1 Å². The van der Waals surface area contributed by atoms with E-state index in [-0.39, 0.29) is 18.5 Å². The summed E-state index contributed by atoms with van der Waals surface area (Å²) in [6.07, 6.45) is 1.73. The third-order valence-electron chi connectivity index (χ3n) is 5.02. The molecule has 2 rings (SSSR count). The summed E-state index contributed by atoms with van der Waals surface area (Å²) in [7, 11) is -0.524. The van der Waals surface area contributed by atoms with Gasteiger partial charge in [-0.05, 0) is 61.2 Å². The molecule has 2 aromatic carbocycles. The van der Waals surface area contributed by atoms with Gasteiger partial charge in [0.2, 0.25) is 15.9 Å². The summed E-state index contributed by atoms with van der Waals surface area (Å²) in [6.45, 7) is 5.50. The fourth-order valence-corrected chi connectivity index (χ4v) is 3.99. The number of carbonyl (C=O) groups is 1. The second-order valence-electron chi connectivity index (χ2n) is 7.18. The Morgan fingerprint density at radius 3 is 2.23 bits per heavy atom. The molecule has 0 saturated heterocycles. The average molecular weight is 435 g/mol. The van der Waals surface area contributed by atoms with E-state index in [9.17, 15) is 13.2 Å². The minimum absolute atomic E-state index is 0.293. The van der Waals surface area contributed by atoms with Crippen LogP contribution in [0.4, 0.5) is 5.69 Å². The molecule has 1 amide bonds. The number of benzene rings is 2. The van der Waals surface area contributed by atoms with Crippen molar-refractivity contribution in [1.82, 2.24) is 5.32 Å². The fraction of sp³-hybridized carbons (Fsp3) is 0.409. The minimum Gasteiger partial charge on any atom is -0.493 e. The van der Waals surface area contributed by atoms with Crippen molar-refractivity contribution in [3.8, 4) is 11.5 Å². The standard InChI is InChI=1S/C22H30N2O5S/c1-7-19(17-9-11-20(28-4)21(13-17)29-5)23-22(25)14-24(30(6,26)27)18-10-8-15(2)16(3)12-18/h8-13,19H,7,14H2,1-6H3,(H,23,25)/t19-/m0/s1. The monoisotopic (exact) mass is 434 g/mol. The molecule has 0 spiro atoms. The summed E-state index contributed by atoms with van der Waals surface area (Å²) < 4.78 is 36.4. The van der Waals surface area contributed by atoms with Crippen molar-refractivity contribution < 1.29 is 22.7 Å². The molecule has 0 aliphatic rings. The van der Waals surface area contributed by atoms with Gasteiger partial charge in [-0.15, -0.1) is 0 Å². The number of methoxy groups -OCH3 is 2. The van der Waals surface area contributed by atoms with Crippen LogP contribution < -0.4 is 19.1 Å². The molecular formula is C22H30N2O5S. The third-order valence-corrected chi connectivity index (χ3v) is 6.16. The van der Waals surface area contributed by atoms with Crippen molar-refractivity contribution in [2.75, 3.05) is 31.3 Å². The molecule has 164 valence electrons. The molecule has 0 aromatic heterocycles. The van der Waals surface area contributed by atoms with Crippen LogP contribution in [-0.2, 0) is 14.8 Å². The number of nitrogens with zero attached hydrogens (tertiary/aromatic N) is 1. The van der Waals surface area contributed by atoms with Crippen molar-refractivity contribution in [3.63, 3.8) is 0 Å². The van der Waals surface area contributed by atoms with Crippen LogP contribution in [0.15, 0.2) is 36.4 Å². The molecule has 1 N–H and O–H groups in total. The van der Waals surface area contributed by atoms with E-state index < -0.39 is 10.0 Å². The largest absolute Gasteiger partial charge is 0.493 e. The van der Waals surface area contributed by atoms with Crippen molar-refractivity contribution in [2.24, 2.45) is 0 Å². The van der Waals surface area contributed by atoms with Gasteiger partial charge in [-0.25, -0.2) is 8.42 Å². The van der Waals surface area contributed by atoms with Crippen LogP contribution in [0.25, 0.3) is 0 Å². The SMILES string of the molecule is CC[C@H](NC(=O)CN(c1ccc(C)c(C)c1)S(C)(=O)=O)c1ccc(OC)c(OC)c1. The second-order valence-corrected chi connectivity index (χ2v) is 9.09. The minimum atomic E-state index is -3.63. The molecule has 0 aliphatic heterocycles. The Hall–Kier alpha value is -2.74. The van der Waals surface area contributed by atoms with E-state index in [4.69, 9.17) is 9.47 Å². The highest BCUT2D eigenvalue weighted by atomic mass is 32.2. The molecule has 1 atom stereocenters. The topological polar surface area (TPSA) is 84.9 Å². The van der Waals surface area contributed by atoms with Gasteiger partial charge < -0.3 is 14.8 Å². The Morgan fingerprint density at radius 1 is 1.03 bits per heavy atom. The lowest BCUT2D eigenvalue weighted by atomic mass is 10.0. The van der Waals surface area contributed by atoms with Gasteiger partial charge >= 0.3 is 0 Å². The number of nitrogens with one attached hydrogen (secondary N) is 1. The third kappa shape index (κ3) is 5.66. The van der Waals surface area contributed by atoms with E-state index >= 15 is 0 Å². The van der Waals surface area contributed by atoms with Gasteiger partial charge in [0.15, 0.2) is 11.5 Å². The number of aryl methyl sites for hydroxylation is 2. The Morgan fingerprint density at radius 2 is 1.70 bits per heavy atom. The maximum absolute atomic E-state index is 12.8. The fourth-order valence-electron chi connectivity index (χ4n) is 3.14. The lowest BCUT2D eigenvalue weighted by Gasteiger charge is -2.25. The second kappa shape index (κ2) is 9.84. The van der Waals surface area contributed by atoms with E-state index in [1.807, 2.05) is 39.0 Å². The number of rotatable bonds is 9. The van der Waals surface area contributed by atoms with Crippen LogP contribution >= 0.6 is 0 Å². The van der Waals surface area contributed by atoms with E-state index in [0.717, 1.165) is 27.3 Å². The van der Waals surface area contributed by atoms with Crippen LogP contribution in [0.2, 0.25) is 0 Å². The molecule has 0 unspecified atom stereocenters. The summed E-state index contributed by atoms with van der Waals surface area (Å²) in [5.74, 6) is 0.774. The first-order valence-corrected chi connectivity index (χ1v) is 11.5. The van der Waals surface area contributed by atoms with E-state index in [0.29, 0.717) is 23.6 Å². The predicted octanol–water partition coefficient (Wildman–Crippen LogP) is 3.35. The number of sulfonamides is 1. The van der Waals surface area contributed by atoms with E-state index in [1.165, 1.54) is 0 Å². The van der Waals surface area contributed by atoms with Crippen LogP contribution in [0.3, 0.4) is 0 Å². The predicted molar refractivity (Wildman–Crippen MR) is 119 cm³/mol. The summed E-state index contributed by atoms with van der Waals surface area (Å²) in [6, 6.07) is 10.5. The molecule has 0 bridgehead atoms. The zero-order valence-corrected chi connectivity index (χ0v) is 19.2. The Kier molecular flexibility index (Phi) is 7.72. The molecule has 0 fully saturated rings. The summed E-state index contributed by atoms with van der Waals surface area (Å²) in [5, 5.41) is 2.93. The lowest BCUT2D eigenvalue weighted by molar-refractivity contribution is -0.120. The zero-order chi connectivity index (χ0) is 22.5. The summed E-state index contributed by atoms with van der Waals surface area (Å²) in [4.78, 5) is 12.8. The zero-order valence-electron chi connectivity index (χ0n) is 18.4. The maximum atomic E-state index is 12.8. The van der Waals surface area contributed by atoms with Crippen molar-refractivity contribution >= 4 is 21.6 Å². The molecule has 0 saturated carbocycles. The lowest BCUT2D eigenvalue weighted by Crippen LogP contribution is -2.41. The molecule has 0 heterocycles. The maximum Gasteiger partial charge on any atom is 0.241 e. The van der Waals surface area contributed by atoms with Crippen molar-refractivity contribution in [2.45, 2.75) is 33.2 Å². The Labute approximate surface area is 179 Å². The number of ether oxygens (including phenoxy) is 2. The van der Waals surface area contributed by atoms with Crippen molar-refractivity contribution in [1.29, 1.82) is 0 Å². The van der Waals surface area contributed by atoms with Crippen LogP contribution in [0.5, 0.6) is 11.5 Å². The highest BCUT2D eigenvalue weighted by Crippen LogP contribution is 2.31. The Balaban J connectivity index is 2.24. The summed E-state index contributed by atoms with van der Waals surface area (Å²) >= 11 is 0. The number of hydrogen-bond acceptors (Lipinski definition) is 5. The summed E-state index contributed by atoms with van der Waals surface area (Å²) in [5.41, 5.74) is 3.32. The van der Waals surface area contributed by atoms with Gasteiger partial charge in [0.05, 0.1) is 32.2 Å². The van der Waals surface area contributed by atoms with Gasteiger partial charge in [0.25, 0.3) is 0 Å². The van der Waals surface area contributed by atoms with Crippen LogP contribution in [0, 0.1) is 13.8 Å². The first-order chi connectivity index (χ1) is 14.1. The average Bonchev–Trinajstić information content (AvgIpc) is 2.71. The molecular weight excluding hydrogens is 404 g/mol. The van der Waals surface area contributed by atoms with Crippen LogP contribution in [-0.4, -0.2) is 41.3 Å². The van der Waals surface area contributed by atoms with Gasteiger partial charge in [-0.2, -0.15) is 0 Å². The first kappa shape index (κ1) is 23.5. The normalized spacial score (nSPS) is 12.2. The molecule has 0 aliphatic carbocycles. The molecule has 0 radical (unpaired) electrons. The first-order valence-electron chi connectivity index (χ1n) is 9.67. The molecule has 2 aromatic rings. The highest BCUT2D eigenvalue weighted by molar-refractivity contribution is 7.92. The number of amides is 1. The van der Waals surface area contributed by atoms with Gasteiger partial charge in [0, 0.05) is 0 Å². The number of anilines is 1. The van der Waals surface area contributed by atoms with E-state index in [1.54, 1.807) is 32.4 Å². The number of carbonyl (C=O) groups excluding carboxylic acids is 1. The van der Waals surface area contributed by atoms with Crippen LogP contribution in [0.1, 0.15) is 36.1 Å². The Bertz CT molecular complexity index is 1000. The smallest absolute Gasteiger partial charge is 0.241 e. The molecule has 8 heteroatoms.